The van der Waals surface area contributed by atoms with Gasteiger partial charge in [-0.1, -0.05) is 13.0 Å². The van der Waals surface area contributed by atoms with Crippen molar-refractivity contribution < 1.29 is 31.3 Å². The molecule has 1 saturated heterocycles. The Morgan fingerprint density at radius 2 is 1.72 bits per heavy atom. The fourth-order valence-electron chi connectivity index (χ4n) is 4.72. The number of fused-ring (bicyclic) bond motifs is 3. The number of hydrogen-bond acceptors (Lipinski definition) is 6. The summed E-state index contributed by atoms with van der Waals surface area (Å²) in [5.41, 5.74) is -0.105. The highest BCUT2D eigenvalue weighted by Crippen LogP contribution is 2.37. The van der Waals surface area contributed by atoms with Crippen LogP contribution in [-0.4, -0.2) is 48.2 Å². The van der Waals surface area contributed by atoms with Crippen LogP contribution in [0.3, 0.4) is 0 Å². The van der Waals surface area contributed by atoms with Crippen molar-refractivity contribution in [1.29, 1.82) is 0 Å². The topological polar surface area (TPSA) is 98.4 Å². The van der Waals surface area contributed by atoms with Crippen LogP contribution in [0.1, 0.15) is 62.5 Å². The molecule has 0 amide bonds. The summed E-state index contributed by atoms with van der Waals surface area (Å²) in [4.78, 5) is 21.0. The van der Waals surface area contributed by atoms with Gasteiger partial charge in [0.05, 0.1) is 28.3 Å². The standard InChI is InChI=1S/C28H29BF2N2O5S/c1-6-11-39(35,36)15-17-7-9-21(30)23(24(17)31)25(34)16-8-10-22-19(12-16)20-13-18(14-32-26(20)33-22)29-37-27(2,3)28(4,5)38-29/h7-10,12-14H,6,11,15H2,1-5H3,(H,32,33). The zero-order valence-corrected chi connectivity index (χ0v) is 23.2. The second kappa shape index (κ2) is 9.50. The lowest BCUT2D eigenvalue weighted by molar-refractivity contribution is 0.00578. The van der Waals surface area contributed by atoms with Crippen LogP contribution < -0.4 is 5.46 Å². The number of aromatic amines is 1. The van der Waals surface area contributed by atoms with Gasteiger partial charge in [-0.15, -0.1) is 0 Å². The van der Waals surface area contributed by atoms with Crippen LogP contribution in [0.5, 0.6) is 0 Å². The van der Waals surface area contributed by atoms with Gasteiger partial charge in [-0.05, 0) is 64.4 Å². The summed E-state index contributed by atoms with van der Waals surface area (Å²) >= 11 is 0. The minimum absolute atomic E-state index is 0.0517. The molecule has 5 rings (SSSR count). The molecule has 1 aliphatic heterocycles. The van der Waals surface area contributed by atoms with Crippen molar-refractivity contribution >= 4 is 50.1 Å². The molecule has 3 heterocycles. The van der Waals surface area contributed by atoms with Gasteiger partial charge < -0.3 is 14.3 Å². The predicted molar refractivity (Wildman–Crippen MR) is 147 cm³/mol. The van der Waals surface area contributed by atoms with E-state index < -0.39 is 56.9 Å². The summed E-state index contributed by atoms with van der Waals surface area (Å²) in [5, 5.41) is 1.32. The molecule has 1 aliphatic rings. The molecule has 0 atom stereocenters. The highest BCUT2D eigenvalue weighted by Gasteiger charge is 2.51. The van der Waals surface area contributed by atoms with Gasteiger partial charge in [-0.25, -0.2) is 22.2 Å². The van der Waals surface area contributed by atoms with E-state index >= 15 is 4.39 Å². The number of H-pyrrole nitrogens is 1. The quantitative estimate of drug-likeness (QED) is 0.259. The summed E-state index contributed by atoms with van der Waals surface area (Å²) in [6, 6.07) is 8.51. The minimum atomic E-state index is -3.60. The lowest BCUT2D eigenvalue weighted by atomic mass is 9.80. The van der Waals surface area contributed by atoms with Gasteiger partial charge in [0, 0.05) is 39.1 Å². The molecule has 4 aromatic rings. The van der Waals surface area contributed by atoms with Crippen LogP contribution in [0.25, 0.3) is 21.9 Å². The van der Waals surface area contributed by atoms with E-state index in [-0.39, 0.29) is 16.9 Å². The smallest absolute Gasteiger partial charge is 0.399 e. The lowest BCUT2D eigenvalue weighted by Crippen LogP contribution is -2.41. The van der Waals surface area contributed by atoms with Crippen molar-refractivity contribution in [3.05, 3.63) is 70.9 Å². The van der Waals surface area contributed by atoms with E-state index in [0.717, 1.165) is 12.1 Å². The zero-order chi connectivity index (χ0) is 28.3. The van der Waals surface area contributed by atoms with E-state index in [9.17, 15) is 17.6 Å². The maximum absolute atomic E-state index is 15.3. The second-order valence-electron chi connectivity index (χ2n) is 11.0. The van der Waals surface area contributed by atoms with Gasteiger partial charge in [0.2, 0.25) is 0 Å². The monoisotopic (exact) mass is 554 g/mol. The first-order valence-corrected chi connectivity index (χ1v) is 14.5. The number of pyridine rings is 1. The summed E-state index contributed by atoms with van der Waals surface area (Å²) in [7, 11) is -4.25. The average molecular weight is 554 g/mol. The molecule has 0 saturated carbocycles. The summed E-state index contributed by atoms with van der Waals surface area (Å²) in [6.07, 6.45) is 2.03. The molecule has 0 bridgehead atoms. The van der Waals surface area contributed by atoms with Crippen molar-refractivity contribution in [2.75, 3.05) is 5.75 Å². The number of sulfone groups is 1. The first kappa shape index (κ1) is 27.4. The Morgan fingerprint density at radius 3 is 2.38 bits per heavy atom. The third-order valence-electron chi connectivity index (χ3n) is 7.55. The molecular formula is C28H29BF2N2O5S. The molecule has 204 valence electrons. The third-order valence-corrected chi connectivity index (χ3v) is 9.33. The third kappa shape index (κ3) is 4.87. The fourth-order valence-corrected chi connectivity index (χ4v) is 6.18. The van der Waals surface area contributed by atoms with E-state index in [1.807, 2.05) is 33.8 Å². The van der Waals surface area contributed by atoms with Gasteiger partial charge in [0.25, 0.3) is 0 Å². The second-order valence-corrected chi connectivity index (χ2v) is 13.1. The van der Waals surface area contributed by atoms with Crippen LogP contribution in [0.15, 0.2) is 42.6 Å². The van der Waals surface area contributed by atoms with Gasteiger partial charge in [-0.3, -0.25) is 4.79 Å². The molecular weight excluding hydrogens is 525 g/mol. The minimum Gasteiger partial charge on any atom is -0.399 e. The van der Waals surface area contributed by atoms with Gasteiger partial charge in [0.15, 0.2) is 15.6 Å². The van der Waals surface area contributed by atoms with Crippen LogP contribution in [0.4, 0.5) is 8.78 Å². The van der Waals surface area contributed by atoms with Gasteiger partial charge >= 0.3 is 7.12 Å². The summed E-state index contributed by atoms with van der Waals surface area (Å²) in [6.45, 7) is 9.51. The highest BCUT2D eigenvalue weighted by atomic mass is 32.2. The molecule has 39 heavy (non-hydrogen) atoms. The average Bonchev–Trinajstić information content (AvgIpc) is 3.32. The number of hydrogen-bond donors (Lipinski definition) is 1. The zero-order valence-electron chi connectivity index (χ0n) is 22.4. The van der Waals surface area contributed by atoms with Crippen LogP contribution in [-0.2, 0) is 24.9 Å². The van der Waals surface area contributed by atoms with E-state index in [1.54, 1.807) is 25.3 Å². The van der Waals surface area contributed by atoms with Crippen LogP contribution >= 0.6 is 0 Å². The molecule has 0 unspecified atom stereocenters. The number of nitrogens with one attached hydrogen (secondary N) is 1. The molecule has 0 spiro atoms. The van der Waals surface area contributed by atoms with Gasteiger partial charge in [-0.2, -0.15) is 0 Å². The first-order valence-electron chi connectivity index (χ1n) is 12.7. The largest absolute Gasteiger partial charge is 0.496 e. The Balaban J connectivity index is 1.54. The Kier molecular flexibility index (Phi) is 6.68. The Bertz CT molecular complexity index is 1720. The molecule has 2 aromatic heterocycles. The van der Waals surface area contributed by atoms with E-state index in [1.165, 1.54) is 6.07 Å². The van der Waals surface area contributed by atoms with E-state index in [2.05, 4.69) is 9.97 Å². The Hall–Kier alpha value is -3.15. The predicted octanol–water partition coefficient (Wildman–Crippen LogP) is 4.85. The highest BCUT2D eigenvalue weighted by molar-refractivity contribution is 7.90. The number of aromatic nitrogens is 2. The molecule has 7 nitrogen and oxygen atoms in total. The molecule has 2 aromatic carbocycles. The van der Waals surface area contributed by atoms with Crippen molar-refractivity contribution in [1.82, 2.24) is 9.97 Å². The van der Waals surface area contributed by atoms with Crippen molar-refractivity contribution in [3.63, 3.8) is 0 Å². The number of carbonyl (C=O) groups is 1. The molecule has 1 fully saturated rings. The van der Waals surface area contributed by atoms with E-state index in [4.69, 9.17) is 9.31 Å². The lowest BCUT2D eigenvalue weighted by Gasteiger charge is -2.32. The SMILES string of the molecule is CCCS(=O)(=O)Cc1ccc(F)c(C(=O)c2ccc3[nH]c4ncc(B5OC(C)(C)C(C)(C)O5)cc4c3c2)c1F. The van der Waals surface area contributed by atoms with Crippen molar-refractivity contribution in [3.8, 4) is 0 Å². The van der Waals surface area contributed by atoms with E-state index in [0.29, 0.717) is 33.8 Å². The number of halogens is 2. The fraction of sp³-hybridized carbons (Fsp3) is 0.357. The Labute approximate surface area is 226 Å². The maximum atomic E-state index is 15.3. The molecule has 11 heteroatoms. The first-order chi connectivity index (χ1) is 18.2. The number of rotatable bonds is 7. The number of ketones is 1. The molecule has 0 aliphatic carbocycles. The van der Waals surface area contributed by atoms with Crippen molar-refractivity contribution in [2.45, 2.75) is 58.0 Å². The van der Waals surface area contributed by atoms with Gasteiger partial charge in [0.1, 0.15) is 17.3 Å². The number of nitrogens with zero attached hydrogens (tertiary/aromatic N) is 1. The Morgan fingerprint density at radius 1 is 1.03 bits per heavy atom. The summed E-state index contributed by atoms with van der Waals surface area (Å²) in [5.74, 6) is -3.85. The van der Waals surface area contributed by atoms with Crippen LogP contribution in [0.2, 0.25) is 0 Å². The maximum Gasteiger partial charge on any atom is 0.496 e. The summed E-state index contributed by atoms with van der Waals surface area (Å²) < 4.78 is 66.9. The van der Waals surface area contributed by atoms with Crippen LogP contribution in [0, 0.1) is 11.6 Å². The number of benzene rings is 2. The number of carbonyl (C=O) groups excluding carboxylic acids is 1. The van der Waals surface area contributed by atoms with Crippen molar-refractivity contribution in [2.24, 2.45) is 0 Å². The molecule has 0 radical (unpaired) electrons. The molecule has 1 N–H and O–H groups in total. The normalized spacial score (nSPS) is 16.8.